The maximum atomic E-state index is 13.4. The largest absolute Gasteiger partial charge is 0.351 e. The summed E-state index contributed by atoms with van der Waals surface area (Å²) in [6.45, 7) is 7.18. The Morgan fingerprint density at radius 2 is 1.93 bits per heavy atom. The van der Waals surface area contributed by atoms with Crippen molar-refractivity contribution in [1.82, 2.24) is 15.2 Å². The minimum Gasteiger partial charge on any atom is -0.351 e. The number of carbonyl (C=O) groups excluding carboxylic acids is 1. The summed E-state index contributed by atoms with van der Waals surface area (Å²) < 4.78 is 14.3. The molecule has 2 aromatic carbocycles. The van der Waals surface area contributed by atoms with Crippen LogP contribution < -0.4 is 10.2 Å². The van der Waals surface area contributed by atoms with Crippen molar-refractivity contribution < 1.29 is 9.18 Å². The van der Waals surface area contributed by atoms with Gasteiger partial charge in [-0.05, 0) is 48.2 Å². The zero-order valence-electron chi connectivity index (χ0n) is 16.9. The third-order valence-electron chi connectivity index (χ3n) is 5.12. The van der Waals surface area contributed by atoms with Gasteiger partial charge < -0.3 is 10.2 Å². The van der Waals surface area contributed by atoms with Gasteiger partial charge in [-0.25, -0.2) is 9.37 Å². The number of benzene rings is 2. The molecule has 30 heavy (non-hydrogen) atoms. The molecule has 0 radical (unpaired) electrons. The van der Waals surface area contributed by atoms with E-state index in [1.54, 1.807) is 35.2 Å². The normalized spacial score (nSPS) is 14.9. The molecule has 1 amide bonds. The smallest absolute Gasteiger partial charge is 0.251 e. The Bertz CT molecular complexity index is 1000. The molecule has 4 rings (SSSR count). The molecule has 1 N–H and O–H groups in total. The summed E-state index contributed by atoms with van der Waals surface area (Å²) >= 11 is 3.31. The summed E-state index contributed by atoms with van der Waals surface area (Å²) in [4.78, 5) is 22.8. The standard InChI is InChI=1S/C22H25FN4OS2/c1-2-29-18-6-3-16(4-7-18)21(28)24-9-10-26-11-13-27(14-12-26)22-25-19-8-5-17(23)15-20(19)30-22/h3-8,15H,2,9-14H2,1H3,(H,24,28). The first kappa shape index (κ1) is 21.1. The van der Waals surface area contributed by atoms with Gasteiger partial charge in [-0.15, -0.1) is 11.8 Å². The van der Waals surface area contributed by atoms with Crippen LogP contribution in [0.15, 0.2) is 47.4 Å². The van der Waals surface area contributed by atoms with Gasteiger partial charge >= 0.3 is 0 Å². The Morgan fingerprint density at radius 1 is 1.17 bits per heavy atom. The van der Waals surface area contributed by atoms with Crippen molar-refractivity contribution in [3.05, 3.63) is 53.8 Å². The van der Waals surface area contributed by atoms with Crippen molar-refractivity contribution in [3.8, 4) is 0 Å². The van der Waals surface area contributed by atoms with Crippen LogP contribution in [0.5, 0.6) is 0 Å². The average Bonchev–Trinajstić information content (AvgIpc) is 3.18. The Labute approximate surface area is 184 Å². The molecule has 1 fully saturated rings. The van der Waals surface area contributed by atoms with Crippen LogP contribution in [0.1, 0.15) is 17.3 Å². The zero-order chi connectivity index (χ0) is 20.9. The van der Waals surface area contributed by atoms with E-state index in [9.17, 15) is 9.18 Å². The number of thiazole rings is 1. The Hall–Kier alpha value is -2.16. The number of piperazine rings is 1. The molecule has 2 heterocycles. The Kier molecular flexibility index (Phi) is 6.86. The number of carbonyl (C=O) groups is 1. The lowest BCUT2D eigenvalue weighted by atomic mass is 10.2. The van der Waals surface area contributed by atoms with E-state index in [0.29, 0.717) is 12.1 Å². The van der Waals surface area contributed by atoms with Gasteiger partial charge in [-0.3, -0.25) is 9.69 Å². The van der Waals surface area contributed by atoms with E-state index in [4.69, 9.17) is 0 Å². The first-order chi connectivity index (χ1) is 14.6. The summed E-state index contributed by atoms with van der Waals surface area (Å²) in [5.74, 6) is 0.778. The van der Waals surface area contributed by atoms with Crippen LogP contribution in [0.2, 0.25) is 0 Å². The van der Waals surface area contributed by atoms with E-state index < -0.39 is 0 Å². The molecule has 1 aliphatic heterocycles. The van der Waals surface area contributed by atoms with Gasteiger partial charge in [0.05, 0.1) is 10.2 Å². The van der Waals surface area contributed by atoms with E-state index in [0.717, 1.165) is 53.8 Å². The van der Waals surface area contributed by atoms with Gasteiger partial charge in [0.25, 0.3) is 5.91 Å². The van der Waals surface area contributed by atoms with Crippen LogP contribution in [0.4, 0.5) is 9.52 Å². The fraction of sp³-hybridized carbons (Fsp3) is 0.364. The Morgan fingerprint density at radius 3 is 2.67 bits per heavy atom. The molecule has 0 unspecified atom stereocenters. The molecule has 0 atom stereocenters. The molecule has 1 aromatic heterocycles. The molecule has 0 bridgehead atoms. The number of hydrogen-bond acceptors (Lipinski definition) is 6. The highest BCUT2D eigenvalue weighted by molar-refractivity contribution is 7.99. The van der Waals surface area contributed by atoms with Crippen molar-refractivity contribution in [2.75, 3.05) is 49.9 Å². The van der Waals surface area contributed by atoms with E-state index in [-0.39, 0.29) is 11.7 Å². The highest BCUT2D eigenvalue weighted by Gasteiger charge is 2.20. The molecule has 0 aliphatic carbocycles. The lowest BCUT2D eigenvalue weighted by Crippen LogP contribution is -2.48. The number of thioether (sulfide) groups is 1. The van der Waals surface area contributed by atoms with E-state index in [1.807, 2.05) is 24.3 Å². The van der Waals surface area contributed by atoms with Crippen molar-refractivity contribution in [3.63, 3.8) is 0 Å². The SMILES string of the molecule is CCSc1ccc(C(=O)NCCN2CCN(c3nc4ccc(F)cc4s3)CC2)cc1. The predicted molar refractivity (Wildman–Crippen MR) is 123 cm³/mol. The predicted octanol–water partition coefficient (Wildman–Crippen LogP) is 4.10. The number of nitrogens with zero attached hydrogens (tertiary/aromatic N) is 3. The maximum absolute atomic E-state index is 13.4. The fourth-order valence-corrected chi connectivity index (χ4v) is 5.19. The average molecular weight is 445 g/mol. The fourth-order valence-electron chi connectivity index (χ4n) is 3.48. The van der Waals surface area contributed by atoms with E-state index >= 15 is 0 Å². The van der Waals surface area contributed by atoms with Gasteiger partial charge in [0, 0.05) is 49.7 Å². The monoisotopic (exact) mass is 444 g/mol. The number of aromatic nitrogens is 1. The number of rotatable bonds is 7. The van der Waals surface area contributed by atoms with Gasteiger partial charge in [-0.1, -0.05) is 18.3 Å². The molecular formula is C22H25FN4OS2. The second-order valence-corrected chi connectivity index (χ2v) is 9.50. The third kappa shape index (κ3) is 5.11. The molecule has 158 valence electrons. The van der Waals surface area contributed by atoms with Crippen molar-refractivity contribution in [2.24, 2.45) is 0 Å². The molecule has 8 heteroatoms. The molecule has 0 spiro atoms. The second-order valence-electron chi connectivity index (χ2n) is 7.15. The molecule has 1 aliphatic rings. The highest BCUT2D eigenvalue weighted by atomic mass is 32.2. The van der Waals surface area contributed by atoms with Crippen LogP contribution in [0.3, 0.4) is 0 Å². The van der Waals surface area contributed by atoms with Crippen LogP contribution in [-0.4, -0.2) is 60.8 Å². The summed E-state index contributed by atoms with van der Waals surface area (Å²) in [7, 11) is 0. The topological polar surface area (TPSA) is 48.5 Å². The van der Waals surface area contributed by atoms with Crippen LogP contribution in [0, 0.1) is 5.82 Å². The summed E-state index contributed by atoms with van der Waals surface area (Å²) in [6, 6.07) is 12.5. The van der Waals surface area contributed by atoms with E-state index in [1.165, 1.54) is 11.0 Å². The van der Waals surface area contributed by atoms with Crippen molar-refractivity contribution >= 4 is 44.4 Å². The summed E-state index contributed by atoms with van der Waals surface area (Å²) in [5.41, 5.74) is 1.55. The minimum atomic E-state index is -0.222. The number of fused-ring (bicyclic) bond motifs is 1. The Balaban J connectivity index is 1.22. The molecule has 5 nitrogen and oxygen atoms in total. The molecule has 1 saturated heterocycles. The van der Waals surface area contributed by atoms with Crippen molar-refractivity contribution in [1.29, 1.82) is 0 Å². The van der Waals surface area contributed by atoms with Gasteiger partial charge in [-0.2, -0.15) is 0 Å². The third-order valence-corrected chi connectivity index (χ3v) is 7.10. The first-order valence-electron chi connectivity index (χ1n) is 10.2. The molecule has 3 aromatic rings. The second kappa shape index (κ2) is 9.76. The van der Waals surface area contributed by atoms with Crippen LogP contribution in [0.25, 0.3) is 10.2 Å². The van der Waals surface area contributed by atoms with Gasteiger partial charge in [0.2, 0.25) is 0 Å². The lowest BCUT2D eigenvalue weighted by molar-refractivity contribution is 0.0947. The maximum Gasteiger partial charge on any atom is 0.251 e. The van der Waals surface area contributed by atoms with Crippen LogP contribution in [-0.2, 0) is 0 Å². The van der Waals surface area contributed by atoms with Crippen LogP contribution >= 0.6 is 23.1 Å². The quantitative estimate of drug-likeness (QED) is 0.556. The summed E-state index contributed by atoms with van der Waals surface area (Å²) in [6.07, 6.45) is 0. The molecule has 0 saturated carbocycles. The molecular weight excluding hydrogens is 419 g/mol. The summed E-state index contributed by atoms with van der Waals surface area (Å²) in [5, 5.41) is 3.97. The van der Waals surface area contributed by atoms with E-state index in [2.05, 4.69) is 27.0 Å². The zero-order valence-corrected chi connectivity index (χ0v) is 18.6. The van der Waals surface area contributed by atoms with Gasteiger partial charge in [0.1, 0.15) is 5.82 Å². The van der Waals surface area contributed by atoms with Gasteiger partial charge in [0.15, 0.2) is 5.13 Å². The van der Waals surface area contributed by atoms with Crippen molar-refractivity contribution in [2.45, 2.75) is 11.8 Å². The first-order valence-corrected chi connectivity index (χ1v) is 12.0. The highest BCUT2D eigenvalue weighted by Crippen LogP contribution is 2.29. The number of hydrogen-bond donors (Lipinski definition) is 1. The minimum absolute atomic E-state index is 0.0246. The number of amides is 1. The lowest BCUT2D eigenvalue weighted by Gasteiger charge is -2.34. The number of nitrogens with one attached hydrogen (secondary N) is 1. The number of anilines is 1. The number of halogens is 1.